The van der Waals surface area contributed by atoms with Gasteiger partial charge in [0.15, 0.2) is 0 Å². The van der Waals surface area contributed by atoms with Gasteiger partial charge in [0.2, 0.25) is 5.91 Å². The molecule has 7 heteroatoms. The van der Waals surface area contributed by atoms with E-state index in [0.29, 0.717) is 18.8 Å². The van der Waals surface area contributed by atoms with Crippen molar-refractivity contribution >= 4 is 17.3 Å². The Bertz CT molecular complexity index is 579. The summed E-state index contributed by atoms with van der Waals surface area (Å²) >= 11 is 0. The van der Waals surface area contributed by atoms with E-state index in [1.54, 1.807) is 0 Å². The smallest absolute Gasteiger partial charge is 0.295 e. The fourth-order valence-electron chi connectivity index (χ4n) is 2.81. The number of nitrogens with zero attached hydrogens (tertiary/aromatic N) is 1. The van der Waals surface area contributed by atoms with E-state index in [2.05, 4.69) is 5.32 Å². The molecule has 0 aliphatic heterocycles. The SMILES string of the molecule is CC1CCCC(N)(C(=O)Nc2ccc(F)cc2[N+](=O)[O-])C1. The minimum absolute atomic E-state index is 0.0329. The average molecular weight is 295 g/mol. The van der Waals surface area contributed by atoms with Crippen LogP contribution in [0.1, 0.15) is 32.6 Å². The molecular formula is C14H18FN3O3. The number of amides is 1. The molecule has 1 aromatic carbocycles. The predicted molar refractivity (Wildman–Crippen MR) is 76.2 cm³/mol. The molecule has 3 N–H and O–H groups in total. The second-order valence-corrected chi connectivity index (χ2v) is 5.73. The molecule has 0 heterocycles. The van der Waals surface area contributed by atoms with Gasteiger partial charge in [0.1, 0.15) is 11.5 Å². The van der Waals surface area contributed by atoms with Crippen LogP contribution in [0.4, 0.5) is 15.8 Å². The minimum Gasteiger partial charge on any atom is -0.319 e. The maximum absolute atomic E-state index is 13.1. The summed E-state index contributed by atoms with van der Waals surface area (Å²) in [5.41, 5.74) is 4.60. The molecule has 1 amide bonds. The van der Waals surface area contributed by atoms with Gasteiger partial charge in [-0.15, -0.1) is 0 Å². The van der Waals surface area contributed by atoms with Gasteiger partial charge in [0.25, 0.3) is 5.69 Å². The lowest BCUT2D eigenvalue weighted by molar-refractivity contribution is -0.384. The number of hydrogen-bond donors (Lipinski definition) is 2. The summed E-state index contributed by atoms with van der Waals surface area (Å²) < 4.78 is 13.1. The van der Waals surface area contributed by atoms with Crippen molar-refractivity contribution in [2.45, 2.75) is 38.1 Å². The number of carbonyl (C=O) groups is 1. The lowest BCUT2D eigenvalue weighted by atomic mass is 9.76. The van der Waals surface area contributed by atoms with Crippen LogP contribution in [0.3, 0.4) is 0 Å². The molecule has 1 aliphatic rings. The summed E-state index contributed by atoms with van der Waals surface area (Å²) in [5.74, 6) is -0.852. The molecule has 1 fully saturated rings. The molecule has 0 aromatic heterocycles. The molecule has 6 nitrogen and oxygen atoms in total. The van der Waals surface area contributed by atoms with Gasteiger partial charge >= 0.3 is 0 Å². The molecule has 21 heavy (non-hydrogen) atoms. The first-order valence-corrected chi connectivity index (χ1v) is 6.86. The van der Waals surface area contributed by atoms with E-state index in [-0.39, 0.29) is 5.69 Å². The average Bonchev–Trinajstić information content (AvgIpc) is 2.40. The van der Waals surface area contributed by atoms with Crippen molar-refractivity contribution in [3.8, 4) is 0 Å². The van der Waals surface area contributed by atoms with E-state index in [9.17, 15) is 19.3 Å². The lowest BCUT2D eigenvalue weighted by Crippen LogP contribution is -2.53. The van der Waals surface area contributed by atoms with Crippen LogP contribution in [0.25, 0.3) is 0 Å². The number of carbonyl (C=O) groups excluding carboxylic acids is 1. The molecule has 2 atom stereocenters. The van der Waals surface area contributed by atoms with Crippen molar-refractivity contribution in [2.24, 2.45) is 11.7 Å². The summed E-state index contributed by atoms with van der Waals surface area (Å²) in [4.78, 5) is 22.5. The van der Waals surface area contributed by atoms with Crippen molar-refractivity contribution in [1.29, 1.82) is 0 Å². The number of hydrogen-bond acceptors (Lipinski definition) is 4. The zero-order valence-electron chi connectivity index (χ0n) is 11.8. The zero-order chi connectivity index (χ0) is 15.6. The lowest BCUT2D eigenvalue weighted by Gasteiger charge is -2.35. The van der Waals surface area contributed by atoms with Gasteiger partial charge in [-0.2, -0.15) is 0 Å². The van der Waals surface area contributed by atoms with Crippen LogP contribution >= 0.6 is 0 Å². The number of benzene rings is 1. The van der Waals surface area contributed by atoms with Gasteiger partial charge in [-0.3, -0.25) is 14.9 Å². The number of nitrogens with two attached hydrogens (primary N) is 1. The van der Waals surface area contributed by atoms with Gasteiger partial charge in [0.05, 0.1) is 16.5 Å². The molecule has 0 radical (unpaired) electrons. The first kappa shape index (κ1) is 15.4. The van der Waals surface area contributed by atoms with E-state index in [0.717, 1.165) is 25.0 Å². The standard InChI is InChI=1S/C14H18FN3O3/c1-9-3-2-6-14(16,8-9)13(19)17-11-5-4-10(15)7-12(11)18(20)21/h4-5,7,9H,2-3,6,8,16H2,1H3,(H,17,19). The monoisotopic (exact) mass is 295 g/mol. The minimum atomic E-state index is -1.03. The molecule has 114 valence electrons. The molecule has 0 bridgehead atoms. The Labute approximate surface area is 121 Å². The molecule has 2 unspecified atom stereocenters. The maximum Gasteiger partial charge on any atom is 0.295 e. The third kappa shape index (κ3) is 3.36. The number of nitrogens with one attached hydrogen (secondary N) is 1. The van der Waals surface area contributed by atoms with Crippen LogP contribution < -0.4 is 11.1 Å². The first-order valence-electron chi connectivity index (χ1n) is 6.86. The highest BCUT2D eigenvalue weighted by molar-refractivity contribution is 5.99. The summed E-state index contributed by atoms with van der Waals surface area (Å²) in [5, 5.41) is 13.4. The molecule has 1 aliphatic carbocycles. The van der Waals surface area contributed by atoms with E-state index in [1.807, 2.05) is 6.92 Å². The largest absolute Gasteiger partial charge is 0.319 e. The van der Waals surface area contributed by atoms with Crippen molar-refractivity contribution in [3.05, 3.63) is 34.1 Å². The Hall–Kier alpha value is -2.02. The van der Waals surface area contributed by atoms with Crippen molar-refractivity contribution < 1.29 is 14.1 Å². The fourth-order valence-corrected chi connectivity index (χ4v) is 2.81. The number of nitro benzene ring substituents is 1. The van der Waals surface area contributed by atoms with E-state index in [4.69, 9.17) is 5.73 Å². The Kier molecular flexibility index (Phi) is 4.22. The topological polar surface area (TPSA) is 98.3 Å². The van der Waals surface area contributed by atoms with E-state index in [1.165, 1.54) is 6.07 Å². The number of nitro groups is 1. The second kappa shape index (κ2) is 5.77. The highest BCUT2D eigenvalue weighted by atomic mass is 19.1. The van der Waals surface area contributed by atoms with Crippen molar-refractivity contribution in [2.75, 3.05) is 5.32 Å². The summed E-state index contributed by atoms with van der Waals surface area (Å²) in [7, 11) is 0. The molecule has 0 saturated heterocycles. The van der Waals surface area contributed by atoms with Crippen LogP contribution in [0.5, 0.6) is 0 Å². The molecular weight excluding hydrogens is 277 g/mol. The quantitative estimate of drug-likeness (QED) is 0.661. The highest BCUT2D eigenvalue weighted by Crippen LogP contribution is 2.32. The van der Waals surface area contributed by atoms with Crippen LogP contribution in [0, 0.1) is 21.8 Å². The van der Waals surface area contributed by atoms with Crippen LogP contribution in [0.2, 0.25) is 0 Å². The van der Waals surface area contributed by atoms with Gasteiger partial charge in [-0.1, -0.05) is 19.8 Å². The van der Waals surface area contributed by atoms with Crippen LogP contribution in [0.15, 0.2) is 18.2 Å². The normalized spacial score (nSPS) is 25.4. The Balaban J connectivity index is 2.21. The third-order valence-corrected chi connectivity index (χ3v) is 3.89. The Morgan fingerprint density at radius 1 is 1.57 bits per heavy atom. The maximum atomic E-state index is 13.1. The second-order valence-electron chi connectivity index (χ2n) is 5.73. The number of halogens is 1. The zero-order valence-corrected chi connectivity index (χ0v) is 11.8. The Morgan fingerprint density at radius 3 is 2.90 bits per heavy atom. The number of rotatable bonds is 3. The molecule has 1 saturated carbocycles. The van der Waals surface area contributed by atoms with Gasteiger partial charge in [0, 0.05) is 0 Å². The highest BCUT2D eigenvalue weighted by Gasteiger charge is 2.38. The van der Waals surface area contributed by atoms with Gasteiger partial charge < -0.3 is 11.1 Å². The Morgan fingerprint density at radius 2 is 2.29 bits per heavy atom. The predicted octanol–water partition coefficient (Wildman–Crippen LogP) is 2.58. The van der Waals surface area contributed by atoms with Crippen LogP contribution in [-0.2, 0) is 4.79 Å². The first-order chi connectivity index (χ1) is 9.82. The fraction of sp³-hybridized carbons (Fsp3) is 0.500. The van der Waals surface area contributed by atoms with Gasteiger partial charge in [-0.25, -0.2) is 4.39 Å². The van der Waals surface area contributed by atoms with E-state index >= 15 is 0 Å². The molecule has 0 spiro atoms. The van der Waals surface area contributed by atoms with E-state index < -0.39 is 27.9 Å². The van der Waals surface area contributed by atoms with Crippen molar-refractivity contribution in [3.63, 3.8) is 0 Å². The molecule has 1 aromatic rings. The third-order valence-electron chi connectivity index (χ3n) is 3.89. The van der Waals surface area contributed by atoms with Gasteiger partial charge in [-0.05, 0) is 30.9 Å². The van der Waals surface area contributed by atoms with Crippen molar-refractivity contribution in [1.82, 2.24) is 0 Å². The summed E-state index contributed by atoms with van der Waals surface area (Å²) in [6.45, 7) is 2.02. The van der Waals surface area contributed by atoms with Crippen LogP contribution in [-0.4, -0.2) is 16.4 Å². The summed E-state index contributed by atoms with van der Waals surface area (Å²) in [6, 6.07) is 3.03. The molecule has 2 rings (SSSR count). The number of anilines is 1. The summed E-state index contributed by atoms with van der Waals surface area (Å²) in [6.07, 6.45) is 2.94.